The minimum absolute atomic E-state index is 0.0333. The lowest BCUT2D eigenvalue weighted by atomic mass is 9.71. The summed E-state index contributed by atoms with van der Waals surface area (Å²) < 4.78 is 4.91. The molecule has 0 spiro atoms. The smallest absolute Gasteiger partial charge is 0.255 e. The van der Waals surface area contributed by atoms with Crippen LogP contribution in [-0.2, 0) is 14.3 Å². The normalized spacial score (nSPS) is 33.9. The van der Waals surface area contributed by atoms with Crippen molar-refractivity contribution in [1.82, 2.24) is 4.90 Å². The first-order valence-electron chi connectivity index (χ1n) is 6.02. The van der Waals surface area contributed by atoms with Crippen LogP contribution >= 0.6 is 0 Å². The largest absolute Gasteiger partial charge is 0.393 e. The molecule has 1 aliphatic heterocycles. The fourth-order valence-corrected chi connectivity index (χ4v) is 2.71. The van der Waals surface area contributed by atoms with Crippen LogP contribution in [0.5, 0.6) is 0 Å². The Labute approximate surface area is 101 Å². The first-order valence-corrected chi connectivity index (χ1v) is 6.02. The van der Waals surface area contributed by atoms with Gasteiger partial charge in [-0.25, -0.2) is 0 Å². The van der Waals surface area contributed by atoms with E-state index in [-0.39, 0.29) is 36.5 Å². The topological polar surface area (TPSA) is 66.8 Å². The zero-order chi connectivity index (χ0) is 12.6. The number of carbonyl (C=O) groups excluding carboxylic acids is 2. The summed E-state index contributed by atoms with van der Waals surface area (Å²) in [5, 5.41) is 9.73. The first-order chi connectivity index (χ1) is 7.92. The molecule has 5 nitrogen and oxygen atoms in total. The third kappa shape index (κ3) is 2.35. The molecule has 17 heavy (non-hydrogen) atoms. The summed E-state index contributed by atoms with van der Waals surface area (Å²) in [5.41, 5.74) is -0.137. The van der Waals surface area contributed by atoms with Gasteiger partial charge in [0.2, 0.25) is 0 Å². The number of nitrogens with zero attached hydrogens (tertiary/aromatic N) is 1. The molecule has 1 saturated carbocycles. The van der Waals surface area contributed by atoms with Gasteiger partial charge < -0.3 is 9.84 Å². The Morgan fingerprint density at radius 2 is 1.88 bits per heavy atom. The van der Waals surface area contributed by atoms with Gasteiger partial charge in [-0.05, 0) is 24.7 Å². The number of amides is 2. The average molecular weight is 241 g/mol. The Hall–Kier alpha value is -0.940. The predicted octanol–water partition coefficient (Wildman–Crippen LogP) is 0.311. The molecule has 2 atom stereocenters. The van der Waals surface area contributed by atoms with Crippen molar-refractivity contribution in [3.63, 3.8) is 0 Å². The van der Waals surface area contributed by atoms with Crippen molar-refractivity contribution >= 4 is 11.8 Å². The molecule has 0 aromatic rings. The van der Waals surface area contributed by atoms with Crippen LogP contribution in [-0.4, -0.2) is 47.2 Å². The van der Waals surface area contributed by atoms with E-state index >= 15 is 0 Å². The van der Waals surface area contributed by atoms with E-state index in [2.05, 4.69) is 0 Å². The van der Waals surface area contributed by atoms with Crippen molar-refractivity contribution in [1.29, 1.82) is 0 Å². The highest BCUT2D eigenvalue weighted by atomic mass is 16.5. The zero-order valence-electron chi connectivity index (χ0n) is 10.3. The average Bonchev–Trinajstić information content (AvgIpc) is 2.23. The number of hydrogen-bond acceptors (Lipinski definition) is 4. The molecule has 1 aliphatic carbocycles. The van der Waals surface area contributed by atoms with Gasteiger partial charge in [0.1, 0.15) is 13.2 Å². The van der Waals surface area contributed by atoms with Crippen molar-refractivity contribution in [3.8, 4) is 0 Å². The summed E-state index contributed by atoms with van der Waals surface area (Å²) in [6, 6.07) is -0.213. The Balaban J connectivity index is 2.23. The molecule has 1 saturated heterocycles. The van der Waals surface area contributed by atoms with Gasteiger partial charge >= 0.3 is 0 Å². The van der Waals surface area contributed by atoms with E-state index in [1.54, 1.807) is 0 Å². The highest BCUT2D eigenvalue weighted by molar-refractivity contribution is 5.98. The van der Waals surface area contributed by atoms with Gasteiger partial charge in [-0.2, -0.15) is 0 Å². The second-order valence-electron chi connectivity index (χ2n) is 5.58. The summed E-state index contributed by atoms with van der Waals surface area (Å²) in [4.78, 5) is 24.9. The lowest BCUT2D eigenvalue weighted by Gasteiger charge is -2.46. The summed E-state index contributed by atoms with van der Waals surface area (Å²) in [6.45, 7) is 4.02. The van der Waals surface area contributed by atoms with Crippen LogP contribution in [0.4, 0.5) is 0 Å². The molecule has 2 amide bonds. The van der Waals surface area contributed by atoms with Crippen molar-refractivity contribution in [3.05, 3.63) is 0 Å². The molecule has 0 aromatic heterocycles. The molecule has 2 unspecified atom stereocenters. The van der Waals surface area contributed by atoms with Crippen LogP contribution in [0.1, 0.15) is 33.1 Å². The molecule has 1 N–H and O–H groups in total. The van der Waals surface area contributed by atoms with Crippen molar-refractivity contribution in [2.24, 2.45) is 5.41 Å². The Bertz CT molecular complexity index is 323. The number of carbonyl (C=O) groups is 2. The van der Waals surface area contributed by atoms with E-state index < -0.39 is 6.10 Å². The van der Waals surface area contributed by atoms with E-state index in [1.165, 1.54) is 4.90 Å². The molecule has 0 aromatic carbocycles. The highest BCUT2D eigenvalue weighted by Crippen LogP contribution is 2.39. The van der Waals surface area contributed by atoms with Gasteiger partial charge in [0.05, 0.1) is 6.10 Å². The fraction of sp³-hybridized carbons (Fsp3) is 0.833. The quantitative estimate of drug-likeness (QED) is 0.671. The maximum absolute atomic E-state index is 11.8. The number of hydrogen-bond donors (Lipinski definition) is 1. The van der Waals surface area contributed by atoms with E-state index in [0.29, 0.717) is 6.42 Å². The Morgan fingerprint density at radius 3 is 2.47 bits per heavy atom. The zero-order valence-corrected chi connectivity index (χ0v) is 10.3. The molecule has 5 heteroatoms. The van der Waals surface area contributed by atoms with E-state index in [4.69, 9.17) is 4.74 Å². The van der Waals surface area contributed by atoms with Crippen LogP contribution in [0, 0.1) is 5.41 Å². The summed E-state index contributed by atoms with van der Waals surface area (Å²) in [5.74, 6) is -0.568. The second kappa shape index (κ2) is 4.38. The summed E-state index contributed by atoms with van der Waals surface area (Å²) in [7, 11) is 0. The maximum Gasteiger partial charge on any atom is 0.255 e. The van der Waals surface area contributed by atoms with E-state index in [1.807, 2.05) is 13.8 Å². The summed E-state index contributed by atoms with van der Waals surface area (Å²) in [6.07, 6.45) is 1.61. The van der Waals surface area contributed by atoms with Crippen LogP contribution < -0.4 is 0 Å². The third-order valence-corrected chi connectivity index (χ3v) is 3.82. The van der Waals surface area contributed by atoms with Gasteiger partial charge in [0, 0.05) is 6.04 Å². The van der Waals surface area contributed by atoms with Crippen molar-refractivity contribution < 1.29 is 19.4 Å². The molecule has 96 valence electrons. The van der Waals surface area contributed by atoms with Crippen LogP contribution in [0.25, 0.3) is 0 Å². The standard InChI is InChI=1S/C12H19NO4/c1-12(2)4-3-8(14)5-9(12)13-10(15)6-17-7-11(13)16/h8-9,14H,3-7H2,1-2H3. The number of rotatable bonds is 1. The molecule has 0 bridgehead atoms. The lowest BCUT2D eigenvalue weighted by molar-refractivity contribution is -0.167. The fourth-order valence-electron chi connectivity index (χ4n) is 2.71. The lowest BCUT2D eigenvalue weighted by Crippen LogP contribution is -2.58. The van der Waals surface area contributed by atoms with Crippen molar-refractivity contribution in [2.45, 2.75) is 45.3 Å². The van der Waals surface area contributed by atoms with Gasteiger partial charge in [-0.1, -0.05) is 13.8 Å². The molecule has 2 fully saturated rings. The monoisotopic (exact) mass is 241 g/mol. The predicted molar refractivity (Wildman–Crippen MR) is 60.1 cm³/mol. The molecule has 2 aliphatic rings. The Morgan fingerprint density at radius 1 is 1.29 bits per heavy atom. The molecule has 1 heterocycles. The SMILES string of the molecule is CC1(C)CCC(O)CC1N1C(=O)COCC1=O. The Kier molecular flexibility index (Phi) is 3.23. The molecule has 0 radical (unpaired) electrons. The first kappa shape index (κ1) is 12.5. The van der Waals surface area contributed by atoms with Gasteiger partial charge in [-0.3, -0.25) is 14.5 Å². The van der Waals surface area contributed by atoms with Gasteiger partial charge in [0.15, 0.2) is 0 Å². The van der Waals surface area contributed by atoms with Crippen LogP contribution in [0.3, 0.4) is 0 Å². The van der Waals surface area contributed by atoms with Crippen LogP contribution in [0.2, 0.25) is 0 Å². The second-order valence-corrected chi connectivity index (χ2v) is 5.58. The van der Waals surface area contributed by atoms with Crippen molar-refractivity contribution in [2.75, 3.05) is 13.2 Å². The number of imide groups is 1. The number of ether oxygens (including phenoxy) is 1. The number of aliphatic hydroxyl groups excluding tert-OH is 1. The van der Waals surface area contributed by atoms with E-state index in [0.717, 1.165) is 12.8 Å². The third-order valence-electron chi connectivity index (χ3n) is 3.82. The molecular weight excluding hydrogens is 222 g/mol. The minimum Gasteiger partial charge on any atom is -0.393 e. The van der Waals surface area contributed by atoms with Gasteiger partial charge in [-0.15, -0.1) is 0 Å². The van der Waals surface area contributed by atoms with Crippen LogP contribution in [0.15, 0.2) is 0 Å². The maximum atomic E-state index is 11.8. The number of morpholine rings is 1. The summed E-state index contributed by atoms with van der Waals surface area (Å²) >= 11 is 0. The van der Waals surface area contributed by atoms with Gasteiger partial charge in [0.25, 0.3) is 11.8 Å². The minimum atomic E-state index is -0.420. The number of aliphatic hydroxyl groups is 1. The highest BCUT2D eigenvalue weighted by Gasteiger charge is 2.44. The molecule has 2 rings (SSSR count). The van der Waals surface area contributed by atoms with E-state index in [9.17, 15) is 14.7 Å². The molecular formula is C12H19NO4.